The van der Waals surface area contributed by atoms with E-state index in [9.17, 15) is 4.79 Å². The van der Waals surface area contributed by atoms with E-state index in [4.69, 9.17) is 0 Å². The molecule has 2 aliphatic rings. The number of likely N-dealkylation sites (tertiary alicyclic amines) is 1. The van der Waals surface area contributed by atoms with E-state index in [1.807, 2.05) is 24.3 Å². The second-order valence-electron chi connectivity index (χ2n) is 7.76. The molecule has 1 aliphatic carbocycles. The van der Waals surface area contributed by atoms with Gasteiger partial charge >= 0.3 is 6.03 Å². The van der Waals surface area contributed by atoms with Gasteiger partial charge in [-0.1, -0.05) is 36.4 Å². The van der Waals surface area contributed by atoms with Crippen LogP contribution in [0.15, 0.2) is 48.5 Å². The van der Waals surface area contributed by atoms with Gasteiger partial charge in [0.05, 0.1) is 17.4 Å². The summed E-state index contributed by atoms with van der Waals surface area (Å²) in [5.74, 6) is 0. The lowest BCUT2D eigenvalue weighted by Crippen LogP contribution is -2.34. The van der Waals surface area contributed by atoms with Crippen molar-refractivity contribution in [2.24, 2.45) is 0 Å². The van der Waals surface area contributed by atoms with Crippen LogP contribution in [0, 0.1) is 0 Å². The summed E-state index contributed by atoms with van der Waals surface area (Å²) in [5.41, 5.74) is 4.40. The van der Waals surface area contributed by atoms with Gasteiger partial charge in [-0.05, 0) is 68.5 Å². The van der Waals surface area contributed by atoms with Gasteiger partial charge in [0.25, 0.3) is 0 Å². The fourth-order valence-corrected chi connectivity index (χ4v) is 4.32. The summed E-state index contributed by atoms with van der Waals surface area (Å²) < 4.78 is 0. The molecule has 5 nitrogen and oxygen atoms in total. The summed E-state index contributed by atoms with van der Waals surface area (Å²) in [6.45, 7) is 4.33. The lowest BCUT2D eigenvalue weighted by atomic mass is 9.88. The predicted molar refractivity (Wildman–Crippen MR) is 115 cm³/mol. The second-order valence-corrected chi connectivity index (χ2v) is 7.76. The second kappa shape index (κ2) is 9.11. The lowest BCUT2D eigenvalue weighted by Gasteiger charge is -2.26. The van der Waals surface area contributed by atoms with Crippen LogP contribution in [0.2, 0.25) is 0 Å². The quantitative estimate of drug-likeness (QED) is 0.699. The number of amides is 2. The minimum Gasteiger partial charge on any atom is -0.382 e. The van der Waals surface area contributed by atoms with E-state index in [1.165, 1.54) is 37.1 Å². The summed E-state index contributed by atoms with van der Waals surface area (Å²) in [6.07, 6.45) is 5.81. The average molecular weight is 379 g/mol. The van der Waals surface area contributed by atoms with Crippen molar-refractivity contribution in [3.8, 4) is 0 Å². The third kappa shape index (κ3) is 4.65. The highest BCUT2D eigenvalue weighted by Crippen LogP contribution is 2.29. The maximum Gasteiger partial charge on any atom is 0.319 e. The number of benzene rings is 2. The Morgan fingerprint density at radius 3 is 2.57 bits per heavy atom. The molecule has 2 aromatic carbocycles. The number of fused-ring (bicyclic) bond motifs is 1. The molecule has 1 saturated heterocycles. The zero-order valence-corrected chi connectivity index (χ0v) is 16.4. The van der Waals surface area contributed by atoms with Crippen LogP contribution in [0.1, 0.15) is 42.9 Å². The SMILES string of the molecule is O=C(Nc1ccccc1NCCN1CCCC1)NC1CCCc2ccccc21. The third-order valence-corrected chi connectivity index (χ3v) is 5.79. The van der Waals surface area contributed by atoms with Crippen molar-refractivity contribution < 1.29 is 4.79 Å². The van der Waals surface area contributed by atoms with Crippen LogP contribution in [0.3, 0.4) is 0 Å². The van der Waals surface area contributed by atoms with Crippen LogP contribution in [-0.2, 0) is 6.42 Å². The minimum atomic E-state index is -0.143. The number of carbonyl (C=O) groups is 1. The molecule has 0 spiro atoms. The Morgan fingerprint density at radius 1 is 0.964 bits per heavy atom. The minimum absolute atomic E-state index is 0.0836. The molecule has 2 amide bonds. The van der Waals surface area contributed by atoms with E-state index >= 15 is 0 Å². The molecule has 0 bridgehead atoms. The van der Waals surface area contributed by atoms with Crippen molar-refractivity contribution in [2.75, 3.05) is 36.8 Å². The van der Waals surface area contributed by atoms with Gasteiger partial charge in [-0.25, -0.2) is 4.79 Å². The number of aryl methyl sites for hydroxylation is 1. The average Bonchev–Trinajstić information content (AvgIpc) is 3.23. The number of rotatable bonds is 6. The number of para-hydroxylation sites is 2. The third-order valence-electron chi connectivity index (χ3n) is 5.79. The first-order chi connectivity index (χ1) is 13.8. The molecule has 0 saturated carbocycles. The normalized spacial score (nSPS) is 19.1. The van der Waals surface area contributed by atoms with Gasteiger partial charge in [0.2, 0.25) is 0 Å². The smallest absolute Gasteiger partial charge is 0.319 e. The Bertz CT molecular complexity index is 801. The largest absolute Gasteiger partial charge is 0.382 e. The highest BCUT2D eigenvalue weighted by Gasteiger charge is 2.21. The molecular weight excluding hydrogens is 348 g/mol. The molecule has 1 atom stereocenters. The fourth-order valence-electron chi connectivity index (χ4n) is 4.32. The van der Waals surface area contributed by atoms with Crippen LogP contribution in [-0.4, -0.2) is 37.1 Å². The van der Waals surface area contributed by atoms with Crippen molar-refractivity contribution in [3.63, 3.8) is 0 Å². The van der Waals surface area contributed by atoms with E-state index in [2.05, 4.69) is 45.1 Å². The predicted octanol–water partition coefficient (Wildman–Crippen LogP) is 4.39. The van der Waals surface area contributed by atoms with Gasteiger partial charge in [0, 0.05) is 13.1 Å². The molecular formula is C23H30N4O. The van der Waals surface area contributed by atoms with Crippen molar-refractivity contribution in [2.45, 2.75) is 38.1 Å². The summed E-state index contributed by atoms with van der Waals surface area (Å²) in [5, 5.41) is 9.69. The molecule has 2 aromatic rings. The van der Waals surface area contributed by atoms with Gasteiger partial charge in [-0.3, -0.25) is 0 Å². The highest BCUT2D eigenvalue weighted by molar-refractivity contribution is 5.93. The van der Waals surface area contributed by atoms with Crippen LogP contribution < -0.4 is 16.0 Å². The van der Waals surface area contributed by atoms with Crippen LogP contribution >= 0.6 is 0 Å². The Labute approximate surface area is 167 Å². The number of nitrogens with zero attached hydrogens (tertiary/aromatic N) is 1. The van der Waals surface area contributed by atoms with Gasteiger partial charge in [0.15, 0.2) is 0 Å². The number of hydrogen-bond acceptors (Lipinski definition) is 3. The van der Waals surface area contributed by atoms with E-state index < -0.39 is 0 Å². The van der Waals surface area contributed by atoms with E-state index in [0.717, 1.165) is 43.7 Å². The van der Waals surface area contributed by atoms with E-state index in [-0.39, 0.29) is 12.1 Å². The molecule has 0 aromatic heterocycles. The number of anilines is 2. The van der Waals surface area contributed by atoms with Crippen molar-refractivity contribution in [1.29, 1.82) is 0 Å². The number of urea groups is 1. The van der Waals surface area contributed by atoms with Gasteiger partial charge < -0.3 is 20.9 Å². The molecule has 4 rings (SSSR count). The Balaban J connectivity index is 1.34. The molecule has 3 N–H and O–H groups in total. The zero-order chi connectivity index (χ0) is 19.2. The Morgan fingerprint density at radius 2 is 1.71 bits per heavy atom. The first-order valence-corrected chi connectivity index (χ1v) is 10.5. The van der Waals surface area contributed by atoms with Crippen molar-refractivity contribution >= 4 is 17.4 Å². The zero-order valence-electron chi connectivity index (χ0n) is 16.4. The van der Waals surface area contributed by atoms with Crippen molar-refractivity contribution in [3.05, 3.63) is 59.7 Å². The van der Waals surface area contributed by atoms with Gasteiger partial charge in [-0.15, -0.1) is 0 Å². The van der Waals surface area contributed by atoms with E-state index in [1.54, 1.807) is 0 Å². The highest BCUT2D eigenvalue weighted by atomic mass is 16.2. The van der Waals surface area contributed by atoms with Crippen LogP contribution in [0.4, 0.5) is 16.2 Å². The van der Waals surface area contributed by atoms with Crippen LogP contribution in [0.5, 0.6) is 0 Å². The summed E-state index contributed by atoms with van der Waals surface area (Å²) in [6, 6.07) is 16.3. The molecule has 28 heavy (non-hydrogen) atoms. The standard InChI is InChI=1S/C23H30N4O/c28-23(25-20-13-7-9-18-8-1-2-10-19(18)20)26-22-12-4-3-11-21(22)24-14-17-27-15-5-6-16-27/h1-4,8,10-12,20,24H,5-7,9,13-17H2,(H2,25,26,28). The molecule has 1 heterocycles. The number of carbonyl (C=O) groups excluding carboxylic acids is 1. The fraction of sp³-hybridized carbons (Fsp3) is 0.435. The lowest BCUT2D eigenvalue weighted by molar-refractivity contribution is 0.247. The molecule has 1 aliphatic heterocycles. The summed E-state index contributed by atoms with van der Waals surface area (Å²) in [4.78, 5) is 15.1. The van der Waals surface area contributed by atoms with E-state index in [0.29, 0.717) is 0 Å². The monoisotopic (exact) mass is 378 g/mol. The number of nitrogens with one attached hydrogen (secondary N) is 3. The number of hydrogen-bond donors (Lipinski definition) is 3. The topological polar surface area (TPSA) is 56.4 Å². The Hall–Kier alpha value is -2.53. The molecule has 5 heteroatoms. The maximum atomic E-state index is 12.7. The molecule has 0 radical (unpaired) electrons. The van der Waals surface area contributed by atoms with Crippen molar-refractivity contribution in [1.82, 2.24) is 10.2 Å². The first-order valence-electron chi connectivity index (χ1n) is 10.5. The summed E-state index contributed by atoms with van der Waals surface area (Å²) >= 11 is 0. The molecule has 1 unspecified atom stereocenters. The van der Waals surface area contributed by atoms with Crippen LogP contribution in [0.25, 0.3) is 0 Å². The summed E-state index contributed by atoms with van der Waals surface area (Å²) in [7, 11) is 0. The Kier molecular flexibility index (Phi) is 6.12. The molecule has 148 valence electrons. The maximum absolute atomic E-state index is 12.7. The molecule has 1 fully saturated rings. The first kappa shape index (κ1) is 18.8. The van der Waals surface area contributed by atoms with Gasteiger partial charge in [-0.2, -0.15) is 0 Å². The van der Waals surface area contributed by atoms with Gasteiger partial charge in [0.1, 0.15) is 0 Å².